The molecule has 0 amide bonds. The van der Waals surface area contributed by atoms with Gasteiger partial charge in [-0.3, -0.25) is 4.79 Å². The van der Waals surface area contributed by atoms with Crippen molar-refractivity contribution in [2.24, 2.45) is 0 Å². The smallest absolute Gasteiger partial charge is 0.162 e. The topological polar surface area (TPSA) is 17.1 Å². The number of benzene rings is 1. The fourth-order valence-corrected chi connectivity index (χ4v) is 1.70. The summed E-state index contributed by atoms with van der Waals surface area (Å²) >= 11 is 6.05. The molecule has 0 spiro atoms. The summed E-state index contributed by atoms with van der Waals surface area (Å²) in [6, 6.07) is 3.76. The first kappa shape index (κ1) is 12.3. The minimum atomic E-state index is 0.222. The van der Waals surface area contributed by atoms with E-state index >= 15 is 0 Å². The van der Waals surface area contributed by atoms with Crippen molar-refractivity contribution in [3.05, 3.63) is 33.8 Å². The van der Waals surface area contributed by atoms with Crippen LogP contribution in [0, 0.1) is 13.8 Å². The highest BCUT2D eigenvalue weighted by Gasteiger charge is 2.08. The lowest BCUT2D eigenvalue weighted by Crippen LogP contribution is -2.00. The Morgan fingerprint density at radius 2 is 1.80 bits per heavy atom. The molecule has 0 bridgehead atoms. The predicted molar refractivity (Wildman–Crippen MR) is 64.8 cm³/mol. The maximum atomic E-state index is 11.8. The average molecular weight is 225 g/mol. The van der Waals surface area contributed by atoms with Crippen LogP contribution in [0.5, 0.6) is 0 Å². The van der Waals surface area contributed by atoms with E-state index in [0.717, 1.165) is 34.6 Å². The van der Waals surface area contributed by atoms with Crippen LogP contribution in [-0.2, 0) is 0 Å². The summed E-state index contributed by atoms with van der Waals surface area (Å²) in [5.41, 5.74) is 2.76. The van der Waals surface area contributed by atoms with Crippen molar-refractivity contribution in [1.82, 2.24) is 0 Å². The summed E-state index contributed by atoms with van der Waals surface area (Å²) in [6.45, 7) is 5.96. The lowest BCUT2D eigenvalue weighted by molar-refractivity contribution is 0.0979. The second-order valence-corrected chi connectivity index (χ2v) is 4.33. The van der Waals surface area contributed by atoms with E-state index in [1.165, 1.54) is 0 Å². The molecule has 0 heterocycles. The Labute approximate surface area is 96.5 Å². The van der Waals surface area contributed by atoms with Crippen LogP contribution in [0.3, 0.4) is 0 Å². The number of halogens is 1. The molecule has 1 aromatic rings. The van der Waals surface area contributed by atoms with E-state index in [0.29, 0.717) is 6.42 Å². The quantitative estimate of drug-likeness (QED) is 0.696. The number of hydrogen-bond donors (Lipinski definition) is 0. The van der Waals surface area contributed by atoms with E-state index < -0.39 is 0 Å². The molecule has 1 nitrogen and oxygen atoms in total. The van der Waals surface area contributed by atoms with Gasteiger partial charge in [-0.1, -0.05) is 24.9 Å². The highest BCUT2D eigenvalue weighted by Crippen LogP contribution is 2.22. The van der Waals surface area contributed by atoms with Crippen LogP contribution in [-0.4, -0.2) is 5.78 Å². The van der Waals surface area contributed by atoms with Gasteiger partial charge in [0.2, 0.25) is 0 Å². The zero-order valence-electron chi connectivity index (χ0n) is 9.56. The second-order valence-electron chi connectivity index (χ2n) is 3.95. The summed E-state index contributed by atoms with van der Waals surface area (Å²) in [5.74, 6) is 0.222. The van der Waals surface area contributed by atoms with E-state index in [1.807, 2.05) is 26.0 Å². The minimum absolute atomic E-state index is 0.222. The molecule has 0 aliphatic heterocycles. The van der Waals surface area contributed by atoms with Gasteiger partial charge in [-0.05, 0) is 43.5 Å². The van der Waals surface area contributed by atoms with Gasteiger partial charge in [-0.15, -0.1) is 0 Å². The first-order valence-corrected chi connectivity index (χ1v) is 5.74. The van der Waals surface area contributed by atoms with Gasteiger partial charge in [-0.2, -0.15) is 0 Å². The van der Waals surface area contributed by atoms with Crippen LogP contribution < -0.4 is 0 Å². The van der Waals surface area contributed by atoms with E-state index in [1.54, 1.807) is 0 Å². The Morgan fingerprint density at radius 3 is 2.27 bits per heavy atom. The number of Topliss-reactive ketones (excluding diaryl/α,β-unsaturated/α-hetero) is 1. The molecule has 0 aromatic heterocycles. The molecule has 0 aliphatic carbocycles. The van der Waals surface area contributed by atoms with Crippen molar-refractivity contribution in [2.45, 2.75) is 40.0 Å². The lowest BCUT2D eigenvalue weighted by atomic mass is 10.0. The molecular formula is C13H17ClO. The van der Waals surface area contributed by atoms with Crippen molar-refractivity contribution >= 4 is 17.4 Å². The van der Waals surface area contributed by atoms with E-state index in [2.05, 4.69) is 6.92 Å². The Kier molecular flexibility index (Phi) is 4.34. The lowest BCUT2D eigenvalue weighted by Gasteiger charge is -2.06. The maximum Gasteiger partial charge on any atom is 0.162 e. The molecule has 1 rings (SSSR count). The number of carbonyl (C=O) groups excluding carboxylic acids is 1. The first-order valence-electron chi connectivity index (χ1n) is 5.36. The molecular weight excluding hydrogens is 208 g/mol. The monoisotopic (exact) mass is 224 g/mol. The van der Waals surface area contributed by atoms with Gasteiger partial charge in [0, 0.05) is 17.0 Å². The number of rotatable bonds is 4. The van der Waals surface area contributed by atoms with Crippen molar-refractivity contribution in [3.8, 4) is 0 Å². The summed E-state index contributed by atoms with van der Waals surface area (Å²) in [7, 11) is 0. The Hall–Kier alpha value is -0.820. The van der Waals surface area contributed by atoms with E-state index in [-0.39, 0.29) is 5.78 Å². The molecule has 82 valence electrons. The highest BCUT2D eigenvalue weighted by atomic mass is 35.5. The van der Waals surface area contributed by atoms with Gasteiger partial charge in [0.15, 0.2) is 5.78 Å². The third kappa shape index (κ3) is 3.07. The predicted octanol–water partition coefficient (Wildman–Crippen LogP) is 4.33. The fourth-order valence-electron chi connectivity index (χ4n) is 1.59. The van der Waals surface area contributed by atoms with Gasteiger partial charge >= 0.3 is 0 Å². The molecule has 0 saturated heterocycles. The summed E-state index contributed by atoms with van der Waals surface area (Å²) in [5, 5.41) is 0.766. The van der Waals surface area contributed by atoms with Crippen molar-refractivity contribution < 1.29 is 4.79 Å². The zero-order valence-corrected chi connectivity index (χ0v) is 10.3. The summed E-state index contributed by atoms with van der Waals surface area (Å²) < 4.78 is 0. The molecule has 0 N–H and O–H groups in total. The summed E-state index contributed by atoms with van der Waals surface area (Å²) in [6.07, 6.45) is 2.65. The number of carbonyl (C=O) groups is 1. The van der Waals surface area contributed by atoms with Gasteiger partial charge in [0.05, 0.1) is 0 Å². The molecule has 0 saturated carbocycles. The molecule has 0 radical (unpaired) electrons. The van der Waals surface area contributed by atoms with Crippen LogP contribution in [0.25, 0.3) is 0 Å². The fraction of sp³-hybridized carbons (Fsp3) is 0.462. The number of unbranched alkanes of at least 4 members (excludes halogenated alkanes) is 1. The molecule has 0 fully saturated rings. The summed E-state index contributed by atoms with van der Waals surface area (Å²) in [4.78, 5) is 11.8. The van der Waals surface area contributed by atoms with Crippen molar-refractivity contribution in [2.75, 3.05) is 0 Å². The van der Waals surface area contributed by atoms with Gasteiger partial charge in [0.1, 0.15) is 0 Å². The molecule has 0 aliphatic rings. The normalized spacial score (nSPS) is 10.4. The van der Waals surface area contributed by atoms with Crippen LogP contribution in [0.1, 0.15) is 47.7 Å². The molecule has 0 unspecified atom stereocenters. The molecule has 1 aromatic carbocycles. The SMILES string of the molecule is CCCCC(=O)c1cc(C)c(Cl)c(C)c1. The Balaban J connectivity index is 2.91. The Bertz CT molecular complexity index is 346. The zero-order chi connectivity index (χ0) is 11.4. The van der Waals surface area contributed by atoms with Crippen LogP contribution >= 0.6 is 11.6 Å². The third-order valence-electron chi connectivity index (χ3n) is 2.52. The van der Waals surface area contributed by atoms with E-state index in [9.17, 15) is 4.79 Å². The van der Waals surface area contributed by atoms with Crippen LogP contribution in [0.15, 0.2) is 12.1 Å². The van der Waals surface area contributed by atoms with Crippen molar-refractivity contribution in [3.63, 3.8) is 0 Å². The molecule has 0 atom stereocenters. The number of ketones is 1. The van der Waals surface area contributed by atoms with Gasteiger partial charge < -0.3 is 0 Å². The second kappa shape index (κ2) is 5.32. The largest absolute Gasteiger partial charge is 0.294 e. The number of hydrogen-bond acceptors (Lipinski definition) is 1. The maximum absolute atomic E-state index is 11.8. The molecule has 2 heteroatoms. The average Bonchev–Trinajstić information content (AvgIpc) is 2.21. The van der Waals surface area contributed by atoms with Crippen LogP contribution in [0.4, 0.5) is 0 Å². The van der Waals surface area contributed by atoms with E-state index in [4.69, 9.17) is 11.6 Å². The van der Waals surface area contributed by atoms with Gasteiger partial charge in [-0.25, -0.2) is 0 Å². The minimum Gasteiger partial charge on any atom is -0.294 e. The third-order valence-corrected chi connectivity index (χ3v) is 3.11. The van der Waals surface area contributed by atoms with Crippen LogP contribution in [0.2, 0.25) is 5.02 Å². The van der Waals surface area contributed by atoms with Crippen molar-refractivity contribution in [1.29, 1.82) is 0 Å². The molecule has 15 heavy (non-hydrogen) atoms. The van der Waals surface area contributed by atoms with Gasteiger partial charge in [0.25, 0.3) is 0 Å². The Morgan fingerprint density at radius 1 is 1.27 bits per heavy atom. The standard InChI is InChI=1S/C13H17ClO/c1-4-5-6-12(15)11-7-9(2)13(14)10(3)8-11/h7-8H,4-6H2,1-3H3. The first-order chi connectivity index (χ1) is 7.06. The highest BCUT2D eigenvalue weighted by molar-refractivity contribution is 6.32. The number of aryl methyl sites for hydroxylation is 2.